The number of ketones is 2. The lowest BCUT2D eigenvalue weighted by Gasteiger charge is -2.53. The number of hydrogen-bond donors (Lipinski definition) is 7. The fourth-order valence-corrected chi connectivity index (χ4v) is 5.70. The smallest absolute Gasteiger partial charge is 0.255 e. The van der Waals surface area contributed by atoms with E-state index in [1.54, 1.807) is 6.92 Å². The minimum atomic E-state index is -2.96. The molecule has 0 saturated heterocycles. The van der Waals surface area contributed by atoms with Gasteiger partial charge in [-0.3, -0.25) is 19.3 Å². The number of benzene rings is 1. The normalized spacial score (nSPS) is 32.9. The molecule has 34 heavy (non-hydrogen) atoms. The molecule has 0 aliphatic heterocycles. The lowest BCUT2D eigenvalue weighted by molar-refractivity contribution is -0.162. The highest BCUT2D eigenvalue weighted by molar-refractivity contribution is 6.25. The number of nitrogens with one attached hydrogen (secondary N) is 1. The summed E-state index contributed by atoms with van der Waals surface area (Å²) in [7, 11) is 2.93. The van der Waals surface area contributed by atoms with Crippen LogP contribution in [0.4, 0.5) is 5.69 Å². The number of aliphatic hydroxyl groups is 4. The molecule has 0 radical (unpaired) electrons. The van der Waals surface area contributed by atoms with Crippen molar-refractivity contribution >= 4 is 23.2 Å². The van der Waals surface area contributed by atoms with E-state index >= 15 is 0 Å². The Balaban J connectivity index is 2.06. The Kier molecular flexibility index (Phi) is 5.16. The van der Waals surface area contributed by atoms with Crippen molar-refractivity contribution in [3.05, 3.63) is 45.9 Å². The minimum Gasteiger partial charge on any atom is -0.510 e. The summed E-state index contributed by atoms with van der Waals surface area (Å²) in [4.78, 5) is 40.1. The second-order valence-electron chi connectivity index (χ2n) is 9.06. The number of phenols is 1. The number of aliphatic hydroxyl groups excluding tert-OH is 3. The van der Waals surface area contributed by atoms with Crippen LogP contribution in [-0.4, -0.2) is 79.7 Å². The zero-order valence-corrected chi connectivity index (χ0v) is 18.5. The van der Waals surface area contributed by atoms with Gasteiger partial charge < -0.3 is 31.3 Å². The number of fused-ring (bicyclic) bond motifs is 3. The maximum Gasteiger partial charge on any atom is 0.255 e. The summed E-state index contributed by atoms with van der Waals surface area (Å²) >= 11 is 0. The Morgan fingerprint density at radius 3 is 2.35 bits per heavy atom. The van der Waals surface area contributed by atoms with Crippen LogP contribution < -0.4 is 5.73 Å². The van der Waals surface area contributed by atoms with Crippen LogP contribution >= 0.6 is 0 Å². The maximum atomic E-state index is 13.5. The summed E-state index contributed by atoms with van der Waals surface area (Å²) in [6, 6.07) is 1.47. The first-order valence-electron chi connectivity index (χ1n) is 10.4. The van der Waals surface area contributed by atoms with Crippen LogP contribution in [0.15, 0.2) is 39.9 Å². The summed E-state index contributed by atoms with van der Waals surface area (Å²) in [5.74, 6) is -9.68. The largest absolute Gasteiger partial charge is 0.510 e. The van der Waals surface area contributed by atoms with Gasteiger partial charge in [0.15, 0.2) is 17.1 Å². The van der Waals surface area contributed by atoms with E-state index < -0.39 is 81.4 Å². The van der Waals surface area contributed by atoms with Gasteiger partial charge in [-0.05, 0) is 31.6 Å². The lowest BCUT2D eigenvalue weighted by atomic mass is 9.55. The lowest BCUT2D eigenvalue weighted by Crippen LogP contribution is -2.68. The molecule has 0 heterocycles. The van der Waals surface area contributed by atoms with Crippen molar-refractivity contribution in [1.82, 2.24) is 4.90 Å². The summed E-state index contributed by atoms with van der Waals surface area (Å²) in [5.41, 5.74) is 7.84. The Bertz CT molecular complexity index is 1240. The van der Waals surface area contributed by atoms with Crippen LogP contribution in [-0.2, 0) is 9.59 Å². The molecule has 4 rings (SSSR count). The van der Waals surface area contributed by atoms with E-state index in [1.165, 1.54) is 31.1 Å². The van der Waals surface area contributed by atoms with Gasteiger partial charge in [0.25, 0.3) is 5.91 Å². The molecule has 3 aliphatic rings. The van der Waals surface area contributed by atoms with Crippen LogP contribution in [0.5, 0.6) is 5.75 Å². The molecule has 1 aromatic carbocycles. The van der Waals surface area contributed by atoms with Gasteiger partial charge in [0.2, 0.25) is 5.78 Å². The summed E-state index contributed by atoms with van der Waals surface area (Å²) in [6.07, 6.45) is -1.65. The molecule has 1 amide bonds. The quantitative estimate of drug-likeness (QED) is 0.237. The number of rotatable bonds is 3. The molecule has 0 fully saturated rings. The van der Waals surface area contributed by atoms with Crippen molar-refractivity contribution in [3.8, 4) is 5.75 Å². The van der Waals surface area contributed by atoms with Crippen LogP contribution in [0.3, 0.4) is 0 Å². The molecular weight excluding hydrogens is 448 g/mol. The molecule has 0 saturated carbocycles. The van der Waals surface area contributed by atoms with Gasteiger partial charge in [-0.1, -0.05) is 13.0 Å². The first-order chi connectivity index (χ1) is 15.8. The number of hydrogen-bond acceptors (Lipinski definition) is 11. The number of nitrogens with zero attached hydrogens (tertiary/aromatic N) is 2. The van der Waals surface area contributed by atoms with E-state index in [0.717, 1.165) is 0 Å². The third kappa shape index (κ3) is 2.67. The molecule has 12 nitrogen and oxygen atoms in total. The van der Waals surface area contributed by atoms with E-state index in [4.69, 9.17) is 11.3 Å². The molecule has 0 bridgehead atoms. The first kappa shape index (κ1) is 23.5. The fourth-order valence-electron chi connectivity index (χ4n) is 5.70. The predicted octanol–water partition coefficient (Wildman–Crippen LogP) is 0.315. The number of nitrogens with two attached hydrogens (primary N) is 1. The summed E-state index contributed by atoms with van der Waals surface area (Å²) in [6.45, 7) is 1.62. The highest BCUT2D eigenvalue weighted by atomic mass is 16.4. The standard InChI is InChI=1S/C22H24N4O8/c1-6-7-4-5-8(25-24)15(27)10(7)16(28)11-9(6)17(29)13-14(26(2)3)18(30)12(21(23)33)20(32)22(13,34)19(11)31/h4-6,9,13-14,17,24,27,29-31,34H,1-3H3,(H2,23,33)/t6-,9?,13?,14-,17-,22-/m0/s1. The van der Waals surface area contributed by atoms with Crippen molar-refractivity contribution in [3.63, 3.8) is 0 Å². The number of aromatic hydroxyl groups is 1. The van der Waals surface area contributed by atoms with Gasteiger partial charge in [-0.25, -0.2) is 5.53 Å². The highest BCUT2D eigenvalue weighted by Gasteiger charge is 2.67. The van der Waals surface area contributed by atoms with Crippen molar-refractivity contribution in [2.24, 2.45) is 22.7 Å². The molecule has 180 valence electrons. The average Bonchev–Trinajstić information content (AvgIpc) is 2.75. The van der Waals surface area contributed by atoms with Gasteiger partial charge >= 0.3 is 0 Å². The molecular formula is C22H24N4O8. The number of primary amides is 1. The molecule has 0 aromatic heterocycles. The predicted molar refractivity (Wildman–Crippen MR) is 115 cm³/mol. The third-order valence-electron chi connectivity index (χ3n) is 7.23. The number of amides is 1. The Morgan fingerprint density at radius 2 is 1.82 bits per heavy atom. The van der Waals surface area contributed by atoms with Crippen LogP contribution in [0.2, 0.25) is 0 Å². The van der Waals surface area contributed by atoms with Gasteiger partial charge in [0.1, 0.15) is 22.8 Å². The van der Waals surface area contributed by atoms with Gasteiger partial charge in [-0.15, -0.1) is 0 Å². The molecule has 8 N–H and O–H groups in total. The second-order valence-corrected chi connectivity index (χ2v) is 9.06. The zero-order valence-electron chi connectivity index (χ0n) is 18.5. The number of carbonyl (C=O) groups excluding carboxylic acids is 3. The van der Waals surface area contributed by atoms with Crippen LogP contribution in [0.1, 0.15) is 28.8 Å². The Labute approximate surface area is 193 Å². The number of Topliss-reactive ketones (excluding diaryl/α,β-unsaturated/α-hetero) is 2. The van der Waals surface area contributed by atoms with E-state index in [1.807, 2.05) is 0 Å². The van der Waals surface area contributed by atoms with Crippen molar-refractivity contribution in [2.45, 2.75) is 30.6 Å². The topological polar surface area (TPSA) is 218 Å². The van der Waals surface area contributed by atoms with E-state index in [0.29, 0.717) is 5.56 Å². The van der Waals surface area contributed by atoms with Crippen molar-refractivity contribution in [1.29, 1.82) is 5.53 Å². The van der Waals surface area contributed by atoms with E-state index in [2.05, 4.69) is 5.11 Å². The van der Waals surface area contributed by atoms with Gasteiger partial charge in [0.05, 0.1) is 23.6 Å². The fraction of sp³-hybridized carbons (Fsp3) is 0.409. The van der Waals surface area contributed by atoms with Crippen LogP contribution in [0.25, 0.3) is 0 Å². The van der Waals surface area contributed by atoms with E-state index in [9.17, 15) is 39.9 Å². The van der Waals surface area contributed by atoms with Gasteiger partial charge in [0, 0.05) is 11.5 Å². The molecule has 6 atom stereocenters. The number of carbonyl (C=O) groups is 3. The highest BCUT2D eigenvalue weighted by Crippen LogP contribution is 2.56. The van der Waals surface area contributed by atoms with Crippen molar-refractivity contribution in [2.75, 3.05) is 14.1 Å². The third-order valence-corrected chi connectivity index (χ3v) is 7.23. The molecule has 3 aliphatic carbocycles. The maximum absolute atomic E-state index is 13.5. The summed E-state index contributed by atoms with van der Waals surface area (Å²) < 4.78 is 0. The number of likely N-dealkylation sites (N-methyl/N-ethyl adjacent to an activating group) is 1. The monoisotopic (exact) mass is 472 g/mol. The molecule has 12 heteroatoms. The molecule has 0 spiro atoms. The Morgan fingerprint density at radius 1 is 1.21 bits per heavy atom. The first-order valence-corrected chi connectivity index (χ1v) is 10.4. The molecule has 1 aromatic rings. The second kappa shape index (κ2) is 7.45. The van der Waals surface area contributed by atoms with E-state index in [-0.39, 0.29) is 11.3 Å². The average molecular weight is 472 g/mol. The SMILES string of the molecule is C[C@H]1c2ccc(N=N)c(O)c2C(=O)C2=C(O)[C@]3(O)C(=O)C(C(N)=O)=C(O)[C@@H](N(C)C)C3[C@@H](O)C21. The summed E-state index contributed by atoms with van der Waals surface area (Å²) in [5, 5.41) is 58.7. The zero-order chi connectivity index (χ0) is 25.4. The Hall–Kier alpha value is -3.61. The van der Waals surface area contributed by atoms with Crippen molar-refractivity contribution < 1.29 is 39.9 Å². The minimum absolute atomic E-state index is 0.212. The molecule has 2 unspecified atom stereocenters. The van der Waals surface area contributed by atoms with Gasteiger partial charge in [-0.2, -0.15) is 5.11 Å². The van der Waals surface area contributed by atoms with Crippen LogP contribution in [0, 0.1) is 17.4 Å². The number of phenolic OH excluding ortho intramolecular Hbond substituents is 1.